The average Bonchev–Trinajstić information content (AvgIpc) is 2.51. The predicted molar refractivity (Wildman–Crippen MR) is 86.2 cm³/mol. The second kappa shape index (κ2) is 10.3. The van der Waals surface area contributed by atoms with Gasteiger partial charge in [-0.15, -0.1) is 11.8 Å². The molecule has 0 bridgehead atoms. The van der Waals surface area contributed by atoms with Crippen LogP contribution in [0.3, 0.4) is 0 Å². The molecule has 0 radical (unpaired) electrons. The second-order valence-electron chi connectivity index (χ2n) is 4.46. The fourth-order valence-corrected chi connectivity index (χ4v) is 2.63. The average molecular weight is 312 g/mol. The molecule has 0 fully saturated rings. The molecule has 1 rings (SSSR count). The number of unbranched alkanes of at least 4 members (excludes halogenated alkanes) is 1. The lowest BCUT2D eigenvalue weighted by atomic mass is 10.3. The molecule has 0 unspecified atom stereocenters. The van der Waals surface area contributed by atoms with Gasteiger partial charge in [-0.2, -0.15) is 0 Å². The van der Waals surface area contributed by atoms with Gasteiger partial charge in [-0.25, -0.2) is 0 Å². The number of rotatable bonds is 10. The highest BCUT2D eigenvalue weighted by Gasteiger charge is 2.06. The van der Waals surface area contributed by atoms with Crippen LogP contribution in [0, 0.1) is 0 Å². The third kappa shape index (κ3) is 6.73. The Bertz CT molecular complexity index is 441. The minimum absolute atomic E-state index is 0.0833. The van der Waals surface area contributed by atoms with Gasteiger partial charge in [0.1, 0.15) is 0 Å². The zero-order valence-corrected chi connectivity index (χ0v) is 13.5. The molecule has 21 heavy (non-hydrogen) atoms. The van der Waals surface area contributed by atoms with E-state index in [1.165, 1.54) is 0 Å². The number of benzene rings is 1. The quantitative estimate of drug-likeness (QED) is 0.511. The first-order valence-corrected chi connectivity index (χ1v) is 8.01. The van der Waals surface area contributed by atoms with Crippen LogP contribution in [0.1, 0.15) is 19.3 Å². The first-order chi connectivity index (χ1) is 10.2. The minimum Gasteiger partial charge on any atom is -0.493 e. The fourth-order valence-electron chi connectivity index (χ4n) is 1.75. The van der Waals surface area contributed by atoms with E-state index in [4.69, 9.17) is 15.2 Å². The summed E-state index contributed by atoms with van der Waals surface area (Å²) in [5, 5.41) is 2.89. The SMILES string of the molecule is COc1ccc(SCCC(=O)NCCCCN)cc1OC. The van der Waals surface area contributed by atoms with Crippen LogP contribution in [0.25, 0.3) is 0 Å². The number of hydrogen-bond donors (Lipinski definition) is 2. The Balaban J connectivity index is 2.30. The summed E-state index contributed by atoms with van der Waals surface area (Å²) in [5.74, 6) is 2.23. The van der Waals surface area contributed by atoms with Crippen molar-refractivity contribution in [1.82, 2.24) is 5.32 Å². The molecular weight excluding hydrogens is 288 g/mol. The molecule has 1 amide bonds. The van der Waals surface area contributed by atoms with Crippen LogP contribution in [-0.2, 0) is 4.79 Å². The van der Waals surface area contributed by atoms with Crippen LogP contribution in [0.2, 0.25) is 0 Å². The smallest absolute Gasteiger partial charge is 0.220 e. The molecular formula is C15H24N2O3S. The molecule has 1 aromatic carbocycles. The third-order valence-electron chi connectivity index (χ3n) is 2.91. The Hall–Kier alpha value is -1.40. The van der Waals surface area contributed by atoms with Gasteiger partial charge in [-0.1, -0.05) is 0 Å². The van der Waals surface area contributed by atoms with Gasteiger partial charge in [0, 0.05) is 23.6 Å². The number of ether oxygens (including phenoxy) is 2. The molecule has 0 aliphatic carbocycles. The van der Waals surface area contributed by atoms with Crippen LogP contribution in [-0.4, -0.2) is 39.0 Å². The second-order valence-corrected chi connectivity index (χ2v) is 5.63. The van der Waals surface area contributed by atoms with E-state index in [1.54, 1.807) is 26.0 Å². The lowest BCUT2D eigenvalue weighted by Gasteiger charge is -2.09. The monoisotopic (exact) mass is 312 g/mol. The van der Waals surface area contributed by atoms with Crippen molar-refractivity contribution in [3.8, 4) is 11.5 Å². The summed E-state index contributed by atoms with van der Waals surface area (Å²) in [7, 11) is 3.22. The highest BCUT2D eigenvalue weighted by Crippen LogP contribution is 2.31. The Kier molecular flexibility index (Phi) is 8.69. The first-order valence-electron chi connectivity index (χ1n) is 7.03. The summed E-state index contributed by atoms with van der Waals surface area (Å²) in [6.07, 6.45) is 2.38. The van der Waals surface area contributed by atoms with Crippen LogP contribution in [0.15, 0.2) is 23.1 Å². The largest absolute Gasteiger partial charge is 0.493 e. The zero-order chi connectivity index (χ0) is 15.5. The maximum atomic E-state index is 11.6. The summed E-state index contributed by atoms with van der Waals surface area (Å²) in [5.41, 5.74) is 5.40. The summed E-state index contributed by atoms with van der Waals surface area (Å²) < 4.78 is 10.4. The van der Waals surface area contributed by atoms with E-state index in [1.807, 2.05) is 18.2 Å². The lowest BCUT2D eigenvalue weighted by Crippen LogP contribution is -2.25. The fraction of sp³-hybridized carbons (Fsp3) is 0.533. The van der Waals surface area contributed by atoms with Crippen molar-refractivity contribution in [2.24, 2.45) is 5.73 Å². The first kappa shape index (κ1) is 17.7. The predicted octanol–water partition coefficient (Wildman–Crippen LogP) is 2.04. The number of nitrogens with two attached hydrogens (primary N) is 1. The van der Waals surface area contributed by atoms with Gasteiger partial charge in [0.25, 0.3) is 0 Å². The third-order valence-corrected chi connectivity index (χ3v) is 3.90. The van der Waals surface area contributed by atoms with Crippen LogP contribution in [0.5, 0.6) is 11.5 Å². The van der Waals surface area contributed by atoms with Gasteiger partial charge in [-0.05, 0) is 37.6 Å². The van der Waals surface area contributed by atoms with Gasteiger partial charge in [0.2, 0.25) is 5.91 Å². The highest BCUT2D eigenvalue weighted by atomic mass is 32.2. The van der Waals surface area contributed by atoms with E-state index in [2.05, 4.69) is 5.32 Å². The molecule has 0 heterocycles. The number of amides is 1. The van der Waals surface area contributed by atoms with Crippen molar-refractivity contribution >= 4 is 17.7 Å². The Morgan fingerprint density at radius 1 is 1.24 bits per heavy atom. The summed E-state index contributed by atoms with van der Waals surface area (Å²) in [4.78, 5) is 12.7. The number of thioether (sulfide) groups is 1. The van der Waals surface area contributed by atoms with E-state index in [-0.39, 0.29) is 5.91 Å². The molecule has 0 spiro atoms. The van der Waals surface area contributed by atoms with E-state index in [9.17, 15) is 4.79 Å². The number of nitrogens with one attached hydrogen (secondary N) is 1. The van der Waals surface area contributed by atoms with Gasteiger partial charge >= 0.3 is 0 Å². The standard InChI is InChI=1S/C15H24N2O3S/c1-19-13-6-5-12(11-14(13)20-2)21-10-7-15(18)17-9-4-3-8-16/h5-6,11H,3-4,7-10,16H2,1-2H3,(H,17,18). The van der Waals surface area contributed by atoms with E-state index >= 15 is 0 Å². The molecule has 0 aliphatic heterocycles. The Morgan fingerprint density at radius 3 is 2.67 bits per heavy atom. The molecule has 0 saturated carbocycles. The zero-order valence-electron chi connectivity index (χ0n) is 12.7. The molecule has 0 aliphatic rings. The van der Waals surface area contributed by atoms with Gasteiger partial charge in [0.05, 0.1) is 14.2 Å². The highest BCUT2D eigenvalue weighted by molar-refractivity contribution is 7.99. The molecule has 3 N–H and O–H groups in total. The van der Waals surface area contributed by atoms with Gasteiger partial charge < -0.3 is 20.5 Å². The van der Waals surface area contributed by atoms with E-state index in [0.717, 1.165) is 23.5 Å². The summed E-state index contributed by atoms with van der Waals surface area (Å²) in [6.45, 7) is 1.38. The number of carbonyl (C=O) groups is 1. The van der Waals surface area contributed by atoms with Gasteiger partial charge in [-0.3, -0.25) is 4.79 Å². The van der Waals surface area contributed by atoms with Crippen molar-refractivity contribution in [2.75, 3.05) is 33.1 Å². The van der Waals surface area contributed by atoms with E-state index < -0.39 is 0 Å². The number of methoxy groups -OCH3 is 2. The van der Waals surface area contributed by atoms with Crippen molar-refractivity contribution < 1.29 is 14.3 Å². The van der Waals surface area contributed by atoms with Crippen LogP contribution in [0.4, 0.5) is 0 Å². The molecule has 0 aromatic heterocycles. The summed E-state index contributed by atoms with van der Waals surface area (Å²) in [6, 6.07) is 5.75. The van der Waals surface area contributed by atoms with Crippen LogP contribution < -0.4 is 20.5 Å². The minimum atomic E-state index is 0.0833. The van der Waals surface area contributed by atoms with Gasteiger partial charge in [0.15, 0.2) is 11.5 Å². The molecule has 118 valence electrons. The Labute approximate surface area is 130 Å². The number of hydrogen-bond acceptors (Lipinski definition) is 5. The molecule has 6 heteroatoms. The topological polar surface area (TPSA) is 73.6 Å². The van der Waals surface area contributed by atoms with Crippen molar-refractivity contribution in [3.63, 3.8) is 0 Å². The molecule has 0 atom stereocenters. The normalized spacial score (nSPS) is 10.2. The van der Waals surface area contributed by atoms with Crippen molar-refractivity contribution in [3.05, 3.63) is 18.2 Å². The van der Waals surface area contributed by atoms with Crippen molar-refractivity contribution in [1.29, 1.82) is 0 Å². The Morgan fingerprint density at radius 2 is 2.00 bits per heavy atom. The summed E-state index contributed by atoms with van der Waals surface area (Å²) >= 11 is 1.62. The maximum absolute atomic E-state index is 11.6. The van der Waals surface area contributed by atoms with E-state index in [0.29, 0.717) is 31.0 Å². The maximum Gasteiger partial charge on any atom is 0.220 e. The number of carbonyl (C=O) groups excluding carboxylic acids is 1. The van der Waals surface area contributed by atoms with Crippen molar-refractivity contribution in [2.45, 2.75) is 24.2 Å². The lowest BCUT2D eigenvalue weighted by molar-refractivity contribution is -0.120. The van der Waals surface area contributed by atoms with Crippen LogP contribution >= 0.6 is 11.8 Å². The molecule has 5 nitrogen and oxygen atoms in total. The molecule has 1 aromatic rings. The molecule has 0 saturated heterocycles.